The third-order valence-electron chi connectivity index (χ3n) is 2.11. The summed E-state index contributed by atoms with van der Waals surface area (Å²) in [5.41, 5.74) is 1.86. The molecule has 0 spiro atoms. The SMILES string of the molecule is CCNC(C)c1csc(-c2cn[nH]n2)n1. The topological polar surface area (TPSA) is 66.5 Å². The fourth-order valence-corrected chi connectivity index (χ4v) is 2.18. The summed E-state index contributed by atoms with van der Waals surface area (Å²) in [7, 11) is 0. The highest BCUT2D eigenvalue weighted by molar-refractivity contribution is 7.13. The standard InChI is InChI=1S/C9H13N5S/c1-3-10-6(2)8-5-15-9(12-8)7-4-11-14-13-7/h4-6,10H,3H2,1-2H3,(H,11,13,14). The Kier molecular flexibility index (Phi) is 3.08. The molecule has 0 saturated carbocycles. The Labute approximate surface area is 91.9 Å². The zero-order chi connectivity index (χ0) is 10.7. The van der Waals surface area contributed by atoms with Crippen LogP contribution in [0.25, 0.3) is 10.7 Å². The number of aromatic nitrogens is 4. The summed E-state index contributed by atoms with van der Waals surface area (Å²) >= 11 is 1.59. The maximum atomic E-state index is 4.50. The number of H-pyrrole nitrogens is 1. The van der Waals surface area contributed by atoms with E-state index in [4.69, 9.17) is 0 Å². The molecular formula is C9H13N5S. The molecule has 0 aliphatic heterocycles. The Hall–Kier alpha value is -1.27. The van der Waals surface area contributed by atoms with Crippen molar-refractivity contribution in [1.82, 2.24) is 25.7 Å². The highest BCUT2D eigenvalue weighted by Crippen LogP contribution is 2.23. The van der Waals surface area contributed by atoms with Gasteiger partial charge in [0.25, 0.3) is 0 Å². The van der Waals surface area contributed by atoms with Crippen molar-refractivity contribution in [3.05, 3.63) is 17.3 Å². The molecule has 5 nitrogen and oxygen atoms in total. The molecule has 0 fully saturated rings. The van der Waals surface area contributed by atoms with Crippen LogP contribution in [0.5, 0.6) is 0 Å². The molecule has 2 heterocycles. The smallest absolute Gasteiger partial charge is 0.145 e. The van der Waals surface area contributed by atoms with Crippen LogP contribution in [0, 0.1) is 0 Å². The molecule has 1 unspecified atom stereocenters. The van der Waals surface area contributed by atoms with Gasteiger partial charge < -0.3 is 5.32 Å². The molecular weight excluding hydrogens is 210 g/mol. The van der Waals surface area contributed by atoms with Crippen molar-refractivity contribution >= 4 is 11.3 Å². The maximum Gasteiger partial charge on any atom is 0.145 e. The zero-order valence-corrected chi connectivity index (χ0v) is 9.51. The van der Waals surface area contributed by atoms with Crippen molar-refractivity contribution in [3.8, 4) is 10.7 Å². The van der Waals surface area contributed by atoms with E-state index in [1.807, 2.05) is 0 Å². The Morgan fingerprint density at radius 3 is 3.13 bits per heavy atom. The van der Waals surface area contributed by atoms with Crippen LogP contribution in [0.15, 0.2) is 11.6 Å². The van der Waals surface area contributed by atoms with Crippen molar-refractivity contribution < 1.29 is 0 Å². The van der Waals surface area contributed by atoms with E-state index in [1.165, 1.54) is 0 Å². The average molecular weight is 223 g/mol. The van der Waals surface area contributed by atoms with Gasteiger partial charge in [0.05, 0.1) is 11.9 Å². The van der Waals surface area contributed by atoms with Crippen molar-refractivity contribution in [1.29, 1.82) is 0 Å². The Morgan fingerprint density at radius 2 is 2.47 bits per heavy atom. The number of hydrogen-bond acceptors (Lipinski definition) is 5. The van der Waals surface area contributed by atoms with E-state index < -0.39 is 0 Å². The lowest BCUT2D eigenvalue weighted by Gasteiger charge is -2.07. The van der Waals surface area contributed by atoms with Crippen molar-refractivity contribution in [2.45, 2.75) is 19.9 Å². The van der Waals surface area contributed by atoms with E-state index in [0.717, 1.165) is 22.9 Å². The monoisotopic (exact) mass is 223 g/mol. The van der Waals surface area contributed by atoms with Gasteiger partial charge >= 0.3 is 0 Å². The van der Waals surface area contributed by atoms with Gasteiger partial charge in [0, 0.05) is 11.4 Å². The van der Waals surface area contributed by atoms with E-state index in [-0.39, 0.29) is 6.04 Å². The molecule has 80 valence electrons. The predicted octanol–water partition coefficient (Wildman–Crippen LogP) is 1.60. The minimum atomic E-state index is 0.284. The summed E-state index contributed by atoms with van der Waals surface area (Å²) in [5.74, 6) is 0. The normalized spacial score (nSPS) is 12.9. The van der Waals surface area contributed by atoms with Gasteiger partial charge in [-0.05, 0) is 13.5 Å². The molecule has 0 saturated heterocycles. The van der Waals surface area contributed by atoms with Crippen molar-refractivity contribution in [3.63, 3.8) is 0 Å². The molecule has 0 bridgehead atoms. The lowest BCUT2D eigenvalue weighted by Crippen LogP contribution is -2.17. The fourth-order valence-electron chi connectivity index (χ4n) is 1.32. The van der Waals surface area contributed by atoms with Gasteiger partial charge in [0.2, 0.25) is 0 Å². The van der Waals surface area contributed by atoms with E-state index in [9.17, 15) is 0 Å². The lowest BCUT2D eigenvalue weighted by molar-refractivity contribution is 0.587. The third-order valence-corrected chi connectivity index (χ3v) is 2.99. The van der Waals surface area contributed by atoms with E-state index in [0.29, 0.717) is 0 Å². The first-order valence-corrected chi connectivity index (χ1v) is 5.74. The van der Waals surface area contributed by atoms with Crippen molar-refractivity contribution in [2.24, 2.45) is 0 Å². The predicted molar refractivity (Wildman–Crippen MR) is 59.6 cm³/mol. The molecule has 15 heavy (non-hydrogen) atoms. The van der Waals surface area contributed by atoms with Crippen LogP contribution in [-0.4, -0.2) is 26.9 Å². The number of nitrogens with zero attached hydrogens (tertiary/aromatic N) is 3. The minimum Gasteiger partial charge on any atom is -0.309 e. The zero-order valence-electron chi connectivity index (χ0n) is 8.69. The molecule has 2 rings (SSSR count). The van der Waals surface area contributed by atoms with Gasteiger partial charge in [-0.25, -0.2) is 4.98 Å². The summed E-state index contributed by atoms with van der Waals surface area (Å²) in [6, 6.07) is 0.284. The van der Waals surface area contributed by atoms with Gasteiger partial charge in [0.15, 0.2) is 0 Å². The molecule has 0 aromatic carbocycles. The Balaban J connectivity index is 2.17. The summed E-state index contributed by atoms with van der Waals surface area (Å²) in [6.45, 7) is 5.13. The minimum absolute atomic E-state index is 0.284. The Morgan fingerprint density at radius 1 is 1.60 bits per heavy atom. The Bertz CT molecular complexity index is 408. The van der Waals surface area contributed by atoms with Gasteiger partial charge in [-0.15, -0.1) is 11.3 Å². The van der Waals surface area contributed by atoms with Crippen LogP contribution in [0.2, 0.25) is 0 Å². The van der Waals surface area contributed by atoms with Gasteiger partial charge in [0.1, 0.15) is 10.7 Å². The molecule has 2 aromatic rings. The molecule has 2 aromatic heterocycles. The number of hydrogen-bond donors (Lipinski definition) is 2. The van der Waals surface area contributed by atoms with E-state index >= 15 is 0 Å². The van der Waals surface area contributed by atoms with Crippen molar-refractivity contribution in [2.75, 3.05) is 6.54 Å². The highest BCUT2D eigenvalue weighted by atomic mass is 32.1. The third kappa shape index (κ3) is 2.21. The molecule has 0 radical (unpaired) electrons. The molecule has 0 aliphatic rings. The second kappa shape index (κ2) is 4.50. The number of nitrogens with one attached hydrogen (secondary N) is 2. The number of thiazole rings is 1. The maximum absolute atomic E-state index is 4.50. The summed E-state index contributed by atoms with van der Waals surface area (Å²) in [5, 5.41) is 16.6. The van der Waals surface area contributed by atoms with Crippen LogP contribution >= 0.6 is 11.3 Å². The van der Waals surface area contributed by atoms with E-state index in [1.54, 1.807) is 17.5 Å². The molecule has 1 atom stereocenters. The number of aromatic amines is 1. The first kappa shape index (κ1) is 10.3. The van der Waals surface area contributed by atoms with Crippen LogP contribution in [0.1, 0.15) is 25.6 Å². The molecule has 0 amide bonds. The summed E-state index contributed by atoms with van der Waals surface area (Å²) in [6.07, 6.45) is 1.68. The van der Waals surface area contributed by atoms with Crippen LogP contribution in [0.3, 0.4) is 0 Å². The molecule has 0 aliphatic carbocycles. The average Bonchev–Trinajstić information content (AvgIpc) is 2.89. The quantitative estimate of drug-likeness (QED) is 0.826. The van der Waals surface area contributed by atoms with Crippen LogP contribution in [-0.2, 0) is 0 Å². The van der Waals surface area contributed by atoms with Crippen LogP contribution < -0.4 is 5.32 Å². The molecule has 2 N–H and O–H groups in total. The summed E-state index contributed by atoms with van der Waals surface area (Å²) in [4.78, 5) is 4.50. The van der Waals surface area contributed by atoms with Gasteiger partial charge in [-0.1, -0.05) is 6.92 Å². The summed E-state index contributed by atoms with van der Waals surface area (Å²) < 4.78 is 0. The second-order valence-electron chi connectivity index (χ2n) is 3.21. The van der Waals surface area contributed by atoms with E-state index in [2.05, 4.69) is 44.9 Å². The highest BCUT2D eigenvalue weighted by Gasteiger charge is 2.11. The molecule has 6 heteroatoms. The van der Waals surface area contributed by atoms with Crippen LogP contribution in [0.4, 0.5) is 0 Å². The van der Waals surface area contributed by atoms with Gasteiger partial charge in [-0.3, -0.25) is 0 Å². The number of rotatable bonds is 4. The first-order chi connectivity index (χ1) is 7.31. The van der Waals surface area contributed by atoms with Gasteiger partial charge in [-0.2, -0.15) is 15.4 Å². The second-order valence-corrected chi connectivity index (χ2v) is 4.07. The lowest BCUT2D eigenvalue weighted by atomic mass is 10.2. The largest absolute Gasteiger partial charge is 0.309 e. The fraction of sp³-hybridized carbons (Fsp3) is 0.444. The first-order valence-electron chi connectivity index (χ1n) is 4.86.